The third-order valence-electron chi connectivity index (χ3n) is 4.64. The van der Waals surface area contributed by atoms with Crippen molar-refractivity contribution in [2.75, 3.05) is 23.3 Å². The molecule has 1 saturated heterocycles. The summed E-state index contributed by atoms with van der Waals surface area (Å²) in [6.07, 6.45) is 5.70. The van der Waals surface area contributed by atoms with E-state index < -0.39 is 0 Å². The summed E-state index contributed by atoms with van der Waals surface area (Å²) < 4.78 is 2.82. The van der Waals surface area contributed by atoms with Gasteiger partial charge in [-0.25, -0.2) is 9.67 Å². The third kappa shape index (κ3) is 4.03. The Morgan fingerprint density at radius 3 is 2.63 bits per heavy atom. The van der Waals surface area contributed by atoms with E-state index in [-0.39, 0.29) is 5.91 Å². The van der Waals surface area contributed by atoms with Gasteiger partial charge in [0.05, 0.1) is 18.3 Å². The van der Waals surface area contributed by atoms with E-state index in [0.717, 1.165) is 41.8 Å². The monoisotopic (exact) mass is 425 g/mol. The zero-order valence-corrected chi connectivity index (χ0v) is 16.4. The molecule has 3 heterocycles. The summed E-state index contributed by atoms with van der Waals surface area (Å²) in [5, 5.41) is 7.33. The van der Waals surface area contributed by atoms with E-state index in [9.17, 15) is 4.79 Å². The van der Waals surface area contributed by atoms with Crippen LogP contribution in [0.4, 0.5) is 11.6 Å². The van der Waals surface area contributed by atoms with Crippen molar-refractivity contribution < 1.29 is 4.79 Å². The first-order chi connectivity index (χ1) is 13.2. The summed E-state index contributed by atoms with van der Waals surface area (Å²) in [4.78, 5) is 19.5. The maximum absolute atomic E-state index is 12.9. The number of nitrogens with zero attached hydrogens (tertiary/aromatic N) is 4. The van der Waals surface area contributed by atoms with Crippen LogP contribution in [0.2, 0.25) is 0 Å². The standard InChI is InChI=1S/C20H20BrN5O/c21-16-7-5-15(6-8-16)14-26-18(9-11-23-26)24-20(27)17-4-3-10-22-19(17)25-12-1-2-13-25/h3-11H,1-2,12-14H2,(H,24,27). The summed E-state index contributed by atoms with van der Waals surface area (Å²) in [5.74, 6) is 1.26. The number of aromatic nitrogens is 3. The molecule has 0 bridgehead atoms. The molecular weight excluding hydrogens is 406 g/mol. The van der Waals surface area contributed by atoms with E-state index in [1.165, 1.54) is 0 Å². The van der Waals surface area contributed by atoms with Crippen molar-refractivity contribution in [3.05, 3.63) is 70.5 Å². The van der Waals surface area contributed by atoms with Crippen molar-refractivity contribution in [3.63, 3.8) is 0 Å². The van der Waals surface area contributed by atoms with Crippen molar-refractivity contribution in [1.82, 2.24) is 14.8 Å². The van der Waals surface area contributed by atoms with Crippen LogP contribution in [0, 0.1) is 0 Å². The number of rotatable bonds is 5. The molecule has 4 rings (SSSR count). The fourth-order valence-electron chi connectivity index (χ4n) is 3.27. The number of hydrogen-bond donors (Lipinski definition) is 1. The van der Waals surface area contributed by atoms with Crippen molar-refractivity contribution in [3.8, 4) is 0 Å². The van der Waals surface area contributed by atoms with Gasteiger partial charge in [-0.1, -0.05) is 28.1 Å². The van der Waals surface area contributed by atoms with Crippen LogP contribution in [0.25, 0.3) is 0 Å². The van der Waals surface area contributed by atoms with Gasteiger partial charge in [0.15, 0.2) is 0 Å². The lowest BCUT2D eigenvalue weighted by molar-refractivity contribution is 0.102. The lowest BCUT2D eigenvalue weighted by atomic mass is 10.2. The normalized spacial score (nSPS) is 13.7. The largest absolute Gasteiger partial charge is 0.356 e. The van der Waals surface area contributed by atoms with Crippen molar-refractivity contribution >= 4 is 33.5 Å². The van der Waals surface area contributed by atoms with E-state index in [1.807, 2.05) is 36.4 Å². The Kier molecular flexibility index (Phi) is 5.20. The minimum absolute atomic E-state index is 0.164. The Morgan fingerprint density at radius 2 is 1.85 bits per heavy atom. The molecule has 1 fully saturated rings. The fraction of sp³-hybridized carbons (Fsp3) is 0.250. The summed E-state index contributed by atoms with van der Waals surface area (Å²) in [7, 11) is 0. The van der Waals surface area contributed by atoms with Gasteiger partial charge in [0, 0.05) is 29.8 Å². The molecule has 1 amide bonds. The SMILES string of the molecule is O=C(Nc1ccnn1Cc1ccc(Br)cc1)c1cccnc1N1CCCC1. The lowest BCUT2D eigenvalue weighted by Crippen LogP contribution is -2.24. The lowest BCUT2D eigenvalue weighted by Gasteiger charge is -2.19. The number of amides is 1. The van der Waals surface area contributed by atoms with Crippen LogP contribution in [0.15, 0.2) is 59.3 Å². The van der Waals surface area contributed by atoms with Crippen LogP contribution >= 0.6 is 15.9 Å². The zero-order valence-electron chi connectivity index (χ0n) is 14.8. The summed E-state index contributed by atoms with van der Waals surface area (Å²) >= 11 is 3.44. The molecule has 27 heavy (non-hydrogen) atoms. The van der Waals surface area contributed by atoms with E-state index in [4.69, 9.17) is 0 Å². The predicted molar refractivity (Wildman–Crippen MR) is 109 cm³/mol. The van der Waals surface area contributed by atoms with E-state index in [0.29, 0.717) is 17.9 Å². The smallest absolute Gasteiger partial charge is 0.260 e. The van der Waals surface area contributed by atoms with Crippen LogP contribution in [0.1, 0.15) is 28.8 Å². The maximum atomic E-state index is 12.9. The molecule has 1 aromatic carbocycles. The van der Waals surface area contributed by atoms with Crippen LogP contribution in [-0.4, -0.2) is 33.8 Å². The molecular formula is C20H20BrN5O. The second-order valence-electron chi connectivity index (χ2n) is 6.52. The van der Waals surface area contributed by atoms with Crippen LogP contribution < -0.4 is 10.2 Å². The first kappa shape index (κ1) is 17.7. The number of anilines is 2. The van der Waals surface area contributed by atoms with Gasteiger partial charge < -0.3 is 10.2 Å². The van der Waals surface area contributed by atoms with Gasteiger partial charge in [-0.15, -0.1) is 0 Å². The van der Waals surface area contributed by atoms with Crippen LogP contribution in [0.5, 0.6) is 0 Å². The molecule has 6 nitrogen and oxygen atoms in total. The average molecular weight is 426 g/mol. The highest BCUT2D eigenvalue weighted by atomic mass is 79.9. The molecule has 7 heteroatoms. The number of halogens is 1. The zero-order chi connectivity index (χ0) is 18.6. The third-order valence-corrected chi connectivity index (χ3v) is 5.17. The molecule has 1 aliphatic rings. The minimum atomic E-state index is -0.164. The van der Waals surface area contributed by atoms with Gasteiger partial charge in [-0.3, -0.25) is 4.79 Å². The number of nitrogens with one attached hydrogen (secondary N) is 1. The van der Waals surface area contributed by atoms with Gasteiger partial charge >= 0.3 is 0 Å². The Morgan fingerprint density at radius 1 is 1.07 bits per heavy atom. The number of pyridine rings is 1. The predicted octanol–water partition coefficient (Wildman–Crippen LogP) is 3.94. The summed E-state index contributed by atoms with van der Waals surface area (Å²) in [6, 6.07) is 13.5. The quantitative estimate of drug-likeness (QED) is 0.672. The molecule has 138 valence electrons. The van der Waals surface area contributed by atoms with E-state index >= 15 is 0 Å². The number of benzene rings is 1. The molecule has 1 N–H and O–H groups in total. The van der Waals surface area contributed by atoms with Crippen LogP contribution in [-0.2, 0) is 6.54 Å². The maximum Gasteiger partial charge on any atom is 0.260 e. The first-order valence-electron chi connectivity index (χ1n) is 8.98. The van der Waals surface area contributed by atoms with Gasteiger partial charge in [0.1, 0.15) is 11.6 Å². The Labute approximate surface area is 166 Å². The topological polar surface area (TPSA) is 63.1 Å². The van der Waals surface area contributed by atoms with Gasteiger partial charge in [0.25, 0.3) is 5.91 Å². The van der Waals surface area contributed by atoms with Gasteiger partial charge in [-0.2, -0.15) is 5.10 Å². The minimum Gasteiger partial charge on any atom is -0.356 e. The van der Waals surface area contributed by atoms with E-state index in [1.54, 1.807) is 23.1 Å². The molecule has 0 atom stereocenters. The average Bonchev–Trinajstić information content (AvgIpc) is 3.36. The van der Waals surface area contributed by atoms with Gasteiger partial charge in [-0.05, 0) is 42.7 Å². The van der Waals surface area contributed by atoms with Crippen molar-refractivity contribution in [2.24, 2.45) is 0 Å². The van der Waals surface area contributed by atoms with Crippen LogP contribution in [0.3, 0.4) is 0 Å². The highest BCUT2D eigenvalue weighted by Crippen LogP contribution is 2.23. The Bertz CT molecular complexity index is 932. The van der Waals surface area contributed by atoms with Gasteiger partial charge in [0.2, 0.25) is 0 Å². The van der Waals surface area contributed by atoms with Crippen molar-refractivity contribution in [2.45, 2.75) is 19.4 Å². The molecule has 1 aliphatic heterocycles. The fourth-order valence-corrected chi connectivity index (χ4v) is 3.53. The number of hydrogen-bond acceptors (Lipinski definition) is 4. The number of carbonyl (C=O) groups is 1. The van der Waals surface area contributed by atoms with E-state index in [2.05, 4.69) is 36.2 Å². The van der Waals surface area contributed by atoms with Crippen molar-refractivity contribution in [1.29, 1.82) is 0 Å². The second kappa shape index (κ2) is 7.92. The first-order valence-corrected chi connectivity index (χ1v) is 9.77. The molecule has 2 aromatic heterocycles. The Balaban J connectivity index is 1.53. The molecule has 0 aliphatic carbocycles. The second-order valence-corrected chi connectivity index (χ2v) is 7.44. The Hall–Kier alpha value is -2.67. The molecule has 3 aromatic rings. The molecule has 0 radical (unpaired) electrons. The highest BCUT2D eigenvalue weighted by Gasteiger charge is 2.21. The number of carbonyl (C=O) groups excluding carboxylic acids is 1. The molecule has 0 saturated carbocycles. The molecule has 0 unspecified atom stereocenters. The molecule has 0 spiro atoms. The summed E-state index contributed by atoms with van der Waals surface area (Å²) in [6.45, 7) is 2.47. The summed E-state index contributed by atoms with van der Waals surface area (Å²) in [5.41, 5.74) is 1.70. The highest BCUT2D eigenvalue weighted by molar-refractivity contribution is 9.10.